The van der Waals surface area contributed by atoms with E-state index < -0.39 is 0 Å². The SMILES string of the molecule is O=CC1CCCN(CC2COc3ccccc3O2)C1. The highest BCUT2D eigenvalue weighted by Crippen LogP contribution is 2.31. The van der Waals surface area contributed by atoms with E-state index in [-0.39, 0.29) is 12.0 Å². The average Bonchev–Trinajstić information content (AvgIpc) is 2.47. The molecule has 0 aliphatic carbocycles. The number of para-hydroxylation sites is 2. The maximum Gasteiger partial charge on any atom is 0.161 e. The molecule has 0 spiro atoms. The third-order valence-corrected chi connectivity index (χ3v) is 3.76. The molecule has 1 aromatic rings. The quantitative estimate of drug-likeness (QED) is 0.777. The molecule has 1 aromatic carbocycles. The summed E-state index contributed by atoms with van der Waals surface area (Å²) in [5.41, 5.74) is 0. The highest BCUT2D eigenvalue weighted by Gasteiger charge is 2.26. The maximum atomic E-state index is 10.9. The van der Waals surface area contributed by atoms with Crippen molar-refractivity contribution in [2.45, 2.75) is 18.9 Å². The molecule has 1 fully saturated rings. The van der Waals surface area contributed by atoms with Gasteiger partial charge in [0.05, 0.1) is 0 Å². The fraction of sp³-hybridized carbons (Fsp3) is 0.533. The molecule has 2 aliphatic heterocycles. The molecule has 4 heteroatoms. The first-order valence-corrected chi connectivity index (χ1v) is 6.91. The van der Waals surface area contributed by atoms with Crippen molar-refractivity contribution in [3.63, 3.8) is 0 Å². The van der Waals surface area contributed by atoms with Gasteiger partial charge in [-0.05, 0) is 31.5 Å². The van der Waals surface area contributed by atoms with Gasteiger partial charge in [0, 0.05) is 19.0 Å². The Kier molecular flexibility index (Phi) is 3.69. The Labute approximate surface area is 113 Å². The third-order valence-electron chi connectivity index (χ3n) is 3.76. The molecule has 2 heterocycles. The summed E-state index contributed by atoms with van der Waals surface area (Å²) in [6.45, 7) is 3.31. The van der Waals surface area contributed by atoms with E-state index in [2.05, 4.69) is 4.90 Å². The number of likely N-dealkylation sites (tertiary alicyclic amines) is 1. The predicted octanol–water partition coefficient (Wildman–Crippen LogP) is 1.74. The number of aldehydes is 1. The van der Waals surface area contributed by atoms with Crippen molar-refractivity contribution in [3.05, 3.63) is 24.3 Å². The van der Waals surface area contributed by atoms with Crippen molar-refractivity contribution in [3.8, 4) is 11.5 Å². The molecule has 2 unspecified atom stereocenters. The highest BCUT2D eigenvalue weighted by atomic mass is 16.6. The van der Waals surface area contributed by atoms with Crippen LogP contribution in [0.4, 0.5) is 0 Å². The zero-order chi connectivity index (χ0) is 13.1. The summed E-state index contributed by atoms with van der Waals surface area (Å²) < 4.78 is 11.7. The topological polar surface area (TPSA) is 38.8 Å². The number of carbonyl (C=O) groups is 1. The van der Waals surface area contributed by atoms with Crippen LogP contribution in [0.3, 0.4) is 0 Å². The fourth-order valence-electron chi connectivity index (χ4n) is 2.81. The van der Waals surface area contributed by atoms with Crippen LogP contribution in [0.1, 0.15) is 12.8 Å². The molecule has 0 aromatic heterocycles. The lowest BCUT2D eigenvalue weighted by molar-refractivity contribution is -0.112. The smallest absolute Gasteiger partial charge is 0.161 e. The lowest BCUT2D eigenvalue weighted by Gasteiger charge is -2.34. The summed E-state index contributed by atoms with van der Waals surface area (Å²) in [5, 5.41) is 0. The number of fused-ring (bicyclic) bond motifs is 1. The minimum absolute atomic E-state index is 0.0558. The molecule has 0 N–H and O–H groups in total. The molecule has 0 amide bonds. The lowest BCUT2D eigenvalue weighted by Crippen LogP contribution is -2.45. The third kappa shape index (κ3) is 2.89. The number of piperidine rings is 1. The number of rotatable bonds is 3. The Hall–Kier alpha value is -1.55. The Bertz CT molecular complexity index is 449. The average molecular weight is 261 g/mol. The van der Waals surface area contributed by atoms with E-state index >= 15 is 0 Å². The van der Waals surface area contributed by atoms with Crippen LogP contribution in [-0.4, -0.2) is 43.5 Å². The van der Waals surface area contributed by atoms with Crippen molar-refractivity contribution < 1.29 is 14.3 Å². The summed E-state index contributed by atoms with van der Waals surface area (Å²) in [6, 6.07) is 7.76. The second-order valence-electron chi connectivity index (χ2n) is 5.30. The van der Waals surface area contributed by atoms with Gasteiger partial charge in [0.25, 0.3) is 0 Å². The van der Waals surface area contributed by atoms with Gasteiger partial charge in [-0.1, -0.05) is 12.1 Å². The molecule has 0 radical (unpaired) electrons. The summed E-state index contributed by atoms with van der Waals surface area (Å²) >= 11 is 0. The molecule has 2 aliphatic rings. The molecule has 4 nitrogen and oxygen atoms in total. The van der Waals surface area contributed by atoms with Crippen LogP contribution in [0.15, 0.2) is 24.3 Å². The molecule has 2 atom stereocenters. The molecule has 102 valence electrons. The van der Waals surface area contributed by atoms with Crippen LogP contribution in [0, 0.1) is 5.92 Å². The number of benzene rings is 1. The van der Waals surface area contributed by atoms with Gasteiger partial charge < -0.3 is 14.3 Å². The van der Waals surface area contributed by atoms with Crippen molar-refractivity contribution in [1.82, 2.24) is 4.90 Å². The van der Waals surface area contributed by atoms with Gasteiger partial charge in [0.15, 0.2) is 11.5 Å². The van der Waals surface area contributed by atoms with E-state index in [4.69, 9.17) is 9.47 Å². The summed E-state index contributed by atoms with van der Waals surface area (Å²) in [4.78, 5) is 13.2. The van der Waals surface area contributed by atoms with E-state index in [0.29, 0.717) is 6.61 Å². The predicted molar refractivity (Wildman–Crippen MR) is 71.6 cm³/mol. The number of hydrogen-bond donors (Lipinski definition) is 0. The van der Waals surface area contributed by atoms with E-state index in [0.717, 1.165) is 50.3 Å². The molecule has 1 saturated heterocycles. The summed E-state index contributed by atoms with van der Waals surface area (Å²) in [7, 11) is 0. The first-order chi connectivity index (χ1) is 9.35. The van der Waals surface area contributed by atoms with Crippen LogP contribution in [0.5, 0.6) is 11.5 Å². The van der Waals surface area contributed by atoms with Crippen LogP contribution in [0.25, 0.3) is 0 Å². The van der Waals surface area contributed by atoms with Gasteiger partial charge in [0.2, 0.25) is 0 Å². The van der Waals surface area contributed by atoms with Crippen molar-refractivity contribution in [1.29, 1.82) is 0 Å². The molecular formula is C15H19NO3. The highest BCUT2D eigenvalue weighted by molar-refractivity contribution is 5.53. The maximum absolute atomic E-state index is 10.9. The molecule has 19 heavy (non-hydrogen) atoms. The van der Waals surface area contributed by atoms with Crippen molar-refractivity contribution >= 4 is 6.29 Å². The molecular weight excluding hydrogens is 242 g/mol. The summed E-state index contributed by atoms with van der Waals surface area (Å²) in [6.07, 6.45) is 3.25. The second-order valence-corrected chi connectivity index (χ2v) is 5.30. The van der Waals surface area contributed by atoms with Crippen LogP contribution >= 0.6 is 0 Å². The number of carbonyl (C=O) groups excluding carboxylic acids is 1. The minimum atomic E-state index is 0.0558. The molecule has 0 bridgehead atoms. The Morgan fingerprint density at radius 3 is 3.00 bits per heavy atom. The number of hydrogen-bond acceptors (Lipinski definition) is 4. The van der Waals surface area contributed by atoms with E-state index in [9.17, 15) is 4.79 Å². The van der Waals surface area contributed by atoms with Crippen LogP contribution in [-0.2, 0) is 4.79 Å². The lowest BCUT2D eigenvalue weighted by atomic mass is 9.99. The van der Waals surface area contributed by atoms with Gasteiger partial charge in [-0.15, -0.1) is 0 Å². The largest absolute Gasteiger partial charge is 0.486 e. The van der Waals surface area contributed by atoms with Gasteiger partial charge in [-0.3, -0.25) is 4.90 Å². The Balaban J connectivity index is 1.58. The zero-order valence-corrected chi connectivity index (χ0v) is 11.0. The van der Waals surface area contributed by atoms with Crippen molar-refractivity contribution in [2.75, 3.05) is 26.2 Å². The van der Waals surface area contributed by atoms with Crippen LogP contribution in [0.2, 0.25) is 0 Å². The first kappa shape index (κ1) is 12.5. The van der Waals surface area contributed by atoms with Crippen LogP contribution < -0.4 is 9.47 Å². The fourth-order valence-corrected chi connectivity index (χ4v) is 2.81. The zero-order valence-electron chi connectivity index (χ0n) is 11.0. The standard InChI is InChI=1S/C15H19NO3/c17-10-12-4-3-7-16(8-12)9-13-11-18-14-5-1-2-6-15(14)19-13/h1-2,5-6,10,12-13H,3-4,7-9,11H2. The number of ether oxygens (including phenoxy) is 2. The van der Waals surface area contributed by atoms with E-state index in [1.807, 2.05) is 24.3 Å². The molecule has 0 saturated carbocycles. The normalized spacial score (nSPS) is 26.9. The van der Waals surface area contributed by atoms with Gasteiger partial charge >= 0.3 is 0 Å². The van der Waals surface area contributed by atoms with E-state index in [1.54, 1.807) is 0 Å². The minimum Gasteiger partial charge on any atom is -0.486 e. The monoisotopic (exact) mass is 261 g/mol. The summed E-state index contributed by atoms with van der Waals surface area (Å²) in [5.74, 6) is 1.83. The van der Waals surface area contributed by atoms with E-state index in [1.165, 1.54) is 0 Å². The molecule has 3 rings (SSSR count). The van der Waals surface area contributed by atoms with Gasteiger partial charge in [-0.25, -0.2) is 0 Å². The number of nitrogens with zero attached hydrogens (tertiary/aromatic N) is 1. The Morgan fingerprint density at radius 2 is 2.16 bits per heavy atom. The Morgan fingerprint density at radius 1 is 1.32 bits per heavy atom. The van der Waals surface area contributed by atoms with Gasteiger partial charge in [0.1, 0.15) is 19.0 Å². The second kappa shape index (κ2) is 5.61. The van der Waals surface area contributed by atoms with Gasteiger partial charge in [-0.2, -0.15) is 0 Å². The first-order valence-electron chi connectivity index (χ1n) is 6.91. The van der Waals surface area contributed by atoms with Crippen molar-refractivity contribution in [2.24, 2.45) is 5.92 Å².